The predicted octanol–water partition coefficient (Wildman–Crippen LogP) is 2.87. The van der Waals surface area contributed by atoms with Gasteiger partial charge in [0.15, 0.2) is 0 Å². The average Bonchev–Trinajstić information content (AvgIpc) is 2.39. The summed E-state index contributed by atoms with van der Waals surface area (Å²) in [5, 5.41) is 0.361. The van der Waals surface area contributed by atoms with Crippen LogP contribution >= 0.6 is 7.60 Å². The van der Waals surface area contributed by atoms with Crippen LogP contribution in [-0.2, 0) is 9.09 Å². The molecule has 1 N–H and O–H groups in total. The molecule has 2 atom stereocenters. The minimum atomic E-state index is -3.65. The van der Waals surface area contributed by atoms with Crippen LogP contribution in [0, 0.1) is 5.92 Å². The molecule has 0 saturated heterocycles. The van der Waals surface area contributed by atoms with Crippen LogP contribution in [0.4, 0.5) is 0 Å². The molecular formula is C13H17O3P. The maximum atomic E-state index is 12.0. The Kier molecular flexibility index (Phi) is 4.16. The molecule has 1 aromatic rings. The van der Waals surface area contributed by atoms with Gasteiger partial charge in [0.2, 0.25) is 0 Å². The number of rotatable bonds is 4. The summed E-state index contributed by atoms with van der Waals surface area (Å²) < 4.78 is 17.2. The van der Waals surface area contributed by atoms with Crippen LogP contribution in [0.1, 0.15) is 19.3 Å². The third-order valence-corrected chi connectivity index (χ3v) is 4.35. The fourth-order valence-corrected chi connectivity index (χ4v) is 3.00. The van der Waals surface area contributed by atoms with Crippen LogP contribution in [0.5, 0.6) is 0 Å². The van der Waals surface area contributed by atoms with Crippen LogP contribution in [0.2, 0.25) is 0 Å². The molecule has 0 radical (unpaired) electrons. The van der Waals surface area contributed by atoms with Crippen LogP contribution in [-0.4, -0.2) is 11.5 Å². The quantitative estimate of drug-likeness (QED) is 0.662. The predicted molar refractivity (Wildman–Crippen MR) is 68.3 cm³/mol. The van der Waals surface area contributed by atoms with Gasteiger partial charge in [0.25, 0.3) is 0 Å². The van der Waals surface area contributed by atoms with Crippen LogP contribution < -0.4 is 5.30 Å². The molecule has 92 valence electrons. The molecule has 0 amide bonds. The lowest BCUT2D eigenvalue weighted by Gasteiger charge is -2.18. The van der Waals surface area contributed by atoms with Gasteiger partial charge in [-0.25, -0.2) is 0 Å². The lowest BCUT2D eigenvalue weighted by Crippen LogP contribution is -2.13. The molecule has 0 spiro atoms. The Morgan fingerprint density at radius 2 is 2.12 bits per heavy atom. The van der Waals surface area contributed by atoms with E-state index in [9.17, 15) is 9.46 Å². The van der Waals surface area contributed by atoms with Gasteiger partial charge in [0.1, 0.15) is 0 Å². The van der Waals surface area contributed by atoms with Crippen molar-refractivity contribution in [3.63, 3.8) is 0 Å². The van der Waals surface area contributed by atoms with Crippen molar-refractivity contribution in [3.8, 4) is 0 Å². The molecule has 17 heavy (non-hydrogen) atoms. The van der Waals surface area contributed by atoms with Crippen LogP contribution in [0.25, 0.3) is 0 Å². The van der Waals surface area contributed by atoms with Gasteiger partial charge in [-0.1, -0.05) is 30.4 Å². The summed E-state index contributed by atoms with van der Waals surface area (Å²) in [6.45, 7) is 0.319. The minimum Gasteiger partial charge on any atom is -0.321 e. The van der Waals surface area contributed by atoms with E-state index in [0.29, 0.717) is 11.9 Å². The third kappa shape index (κ3) is 3.53. The molecule has 0 aliphatic heterocycles. The average molecular weight is 252 g/mol. The van der Waals surface area contributed by atoms with E-state index in [1.165, 1.54) is 0 Å². The summed E-state index contributed by atoms with van der Waals surface area (Å²) in [7, 11) is -3.65. The molecule has 0 fully saturated rings. The van der Waals surface area contributed by atoms with E-state index in [4.69, 9.17) is 4.52 Å². The van der Waals surface area contributed by atoms with Gasteiger partial charge in [-0.2, -0.15) is 0 Å². The molecule has 3 nitrogen and oxygen atoms in total. The Bertz CT molecular complexity index is 428. The largest absolute Gasteiger partial charge is 0.358 e. The van der Waals surface area contributed by atoms with Gasteiger partial charge >= 0.3 is 7.60 Å². The van der Waals surface area contributed by atoms with Crippen molar-refractivity contribution >= 4 is 12.9 Å². The second kappa shape index (κ2) is 5.63. The van der Waals surface area contributed by atoms with E-state index in [-0.39, 0.29) is 5.92 Å². The van der Waals surface area contributed by atoms with Gasteiger partial charge in [0, 0.05) is 5.92 Å². The van der Waals surface area contributed by atoms with E-state index in [2.05, 4.69) is 12.2 Å². The Morgan fingerprint density at radius 3 is 2.76 bits per heavy atom. The first-order chi connectivity index (χ1) is 8.18. The van der Waals surface area contributed by atoms with Gasteiger partial charge in [0.05, 0.1) is 11.9 Å². The molecule has 2 unspecified atom stereocenters. The Morgan fingerprint density at radius 1 is 1.35 bits per heavy atom. The standard InChI is InChI=1S/C13H17O3P/c14-17(15,13-9-5-2-6-10-13)16-11-12-7-3-1-4-8-12/h2-3,5-7,9-10,12H,1,4,8,11H2,(H,14,15). The van der Waals surface area contributed by atoms with Gasteiger partial charge in [-0.3, -0.25) is 4.57 Å². The summed E-state index contributed by atoms with van der Waals surface area (Å²) in [6, 6.07) is 8.53. The lowest BCUT2D eigenvalue weighted by atomic mass is 9.97. The minimum absolute atomic E-state index is 0.271. The molecule has 1 aliphatic rings. The Balaban J connectivity index is 1.96. The van der Waals surface area contributed by atoms with Crippen molar-refractivity contribution in [2.24, 2.45) is 5.92 Å². The highest BCUT2D eigenvalue weighted by molar-refractivity contribution is 7.61. The summed E-state index contributed by atoms with van der Waals surface area (Å²) in [4.78, 5) is 9.83. The second-order valence-electron chi connectivity index (χ2n) is 4.27. The first kappa shape index (κ1) is 12.6. The maximum absolute atomic E-state index is 12.0. The van der Waals surface area contributed by atoms with Crippen LogP contribution in [0.3, 0.4) is 0 Å². The highest BCUT2D eigenvalue weighted by Gasteiger charge is 2.23. The first-order valence-corrected chi connectivity index (χ1v) is 7.46. The topological polar surface area (TPSA) is 46.5 Å². The summed E-state index contributed by atoms with van der Waals surface area (Å²) in [5.41, 5.74) is 0. The Hall–Kier alpha value is -0.890. The molecule has 1 aromatic carbocycles. The van der Waals surface area contributed by atoms with Crippen molar-refractivity contribution in [2.45, 2.75) is 19.3 Å². The zero-order valence-corrected chi connectivity index (χ0v) is 10.6. The number of hydrogen-bond donors (Lipinski definition) is 1. The monoisotopic (exact) mass is 252 g/mol. The SMILES string of the molecule is O=P(O)(OCC1C=CCCC1)c1ccccc1. The number of hydrogen-bond acceptors (Lipinski definition) is 2. The molecule has 2 rings (SSSR count). The normalized spacial score (nSPS) is 23.2. The van der Waals surface area contributed by atoms with E-state index in [1.807, 2.05) is 6.07 Å². The molecule has 0 heterocycles. The zero-order valence-electron chi connectivity index (χ0n) is 9.66. The zero-order chi connectivity index (χ0) is 12.1. The van der Waals surface area contributed by atoms with Gasteiger partial charge in [-0.15, -0.1) is 0 Å². The third-order valence-electron chi connectivity index (χ3n) is 2.90. The number of benzene rings is 1. The molecule has 0 saturated carbocycles. The molecule has 0 aromatic heterocycles. The fraction of sp³-hybridized carbons (Fsp3) is 0.385. The summed E-state index contributed by atoms with van der Waals surface area (Å²) >= 11 is 0. The fourth-order valence-electron chi connectivity index (χ4n) is 1.91. The maximum Gasteiger partial charge on any atom is 0.358 e. The van der Waals surface area contributed by atoms with E-state index in [0.717, 1.165) is 19.3 Å². The van der Waals surface area contributed by atoms with Crippen molar-refractivity contribution in [1.29, 1.82) is 0 Å². The van der Waals surface area contributed by atoms with E-state index >= 15 is 0 Å². The second-order valence-corrected chi connectivity index (χ2v) is 6.09. The van der Waals surface area contributed by atoms with Crippen molar-refractivity contribution in [3.05, 3.63) is 42.5 Å². The Labute approximate surface area is 102 Å². The highest BCUT2D eigenvalue weighted by Crippen LogP contribution is 2.41. The lowest BCUT2D eigenvalue weighted by molar-refractivity contribution is 0.232. The number of allylic oxidation sites excluding steroid dienone is 1. The summed E-state index contributed by atoms with van der Waals surface area (Å²) in [6.07, 6.45) is 7.46. The van der Waals surface area contributed by atoms with E-state index < -0.39 is 7.60 Å². The van der Waals surface area contributed by atoms with Crippen LogP contribution in [0.15, 0.2) is 42.5 Å². The summed E-state index contributed by atoms with van der Waals surface area (Å²) in [5.74, 6) is 0.271. The molecular weight excluding hydrogens is 235 g/mol. The van der Waals surface area contributed by atoms with Crippen molar-refractivity contribution < 1.29 is 14.0 Å². The molecule has 1 aliphatic carbocycles. The van der Waals surface area contributed by atoms with E-state index in [1.54, 1.807) is 24.3 Å². The molecule has 0 bridgehead atoms. The van der Waals surface area contributed by atoms with Gasteiger partial charge < -0.3 is 9.42 Å². The molecule has 4 heteroatoms. The smallest absolute Gasteiger partial charge is 0.321 e. The first-order valence-electron chi connectivity index (χ1n) is 5.88. The highest BCUT2D eigenvalue weighted by atomic mass is 31.2. The van der Waals surface area contributed by atoms with Crippen molar-refractivity contribution in [1.82, 2.24) is 0 Å². The van der Waals surface area contributed by atoms with Crippen molar-refractivity contribution in [2.75, 3.05) is 6.61 Å². The van der Waals surface area contributed by atoms with Gasteiger partial charge in [-0.05, 0) is 31.4 Å².